The lowest BCUT2D eigenvalue weighted by atomic mass is 9.95. The first-order valence-electron chi connectivity index (χ1n) is 6.66. The maximum Gasteiger partial charge on any atom is 0.255 e. The fourth-order valence-electron chi connectivity index (χ4n) is 2.66. The van der Waals surface area contributed by atoms with E-state index in [-0.39, 0.29) is 11.7 Å². The molecule has 4 N–H and O–H groups in total. The van der Waals surface area contributed by atoms with Gasteiger partial charge in [0.1, 0.15) is 11.3 Å². The molecule has 1 fully saturated rings. The predicted octanol–water partition coefficient (Wildman–Crippen LogP) is 2.25. The van der Waals surface area contributed by atoms with E-state index in [2.05, 4.69) is 26.4 Å². The fourth-order valence-corrected chi connectivity index (χ4v) is 3.00. The number of hydrogen-bond donors (Lipinski definition) is 3. The van der Waals surface area contributed by atoms with Crippen molar-refractivity contribution in [2.75, 3.05) is 7.11 Å². The van der Waals surface area contributed by atoms with Gasteiger partial charge in [0.15, 0.2) is 5.84 Å². The van der Waals surface area contributed by atoms with Crippen LogP contribution in [0.2, 0.25) is 0 Å². The highest BCUT2D eigenvalue weighted by Crippen LogP contribution is 2.31. The number of ether oxygens (including phenoxy) is 1. The van der Waals surface area contributed by atoms with Gasteiger partial charge >= 0.3 is 0 Å². The smallest absolute Gasteiger partial charge is 0.255 e. The molecule has 0 aliphatic heterocycles. The van der Waals surface area contributed by atoms with Gasteiger partial charge in [-0.1, -0.05) is 33.9 Å². The Morgan fingerprint density at radius 2 is 2.14 bits per heavy atom. The molecule has 7 heteroatoms. The molecular weight excluding hydrogens is 338 g/mol. The van der Waals surface area contributed by atoms with Crippen molar-refractivity contribution in [3.63, 3.8) is 0 Å². The van der Waals surface area contributed by atoms with Gasteiger partial charge in [-0.3, -0.25) is 4.79 Å². The van der Waals surface area contributed by atoms with E-state index in [1.165, 1.54) is 7.11 Å². The van der Waals surface area contributed by atoms with Crippen LogP contribution in [0, 0.1) is 0 Å². The molecule has 6 nitrogen and oxygen atoms in total. The zero-order valence-electron chi connectivity index (χ0n) is 11.7. The minimum Gasteiger partial charge on any atom is -0.496 e. The first-order chi connectivity index (χ1) is 10.0. The van der Waals surface area contributed by atoms with E-state index in [4.69, 9.17) is 15.7 Å². The Labute approximate surface area is 131 Å². The summed E-state index contributed by atoms with van der Waals surface area (Å²) in [6, 6.07) is 5.16. The molecular formula is C14H18BrN3O3. The molecule has 0 aromatic heterocycles. The zero-order valence-corrected chi connectivity index (χ0v) is 13.3. The molecule has 2 rings (SSSR count). The van der Waals surface area contributed by atoms with Gasteiger partial charge in [-0.15, -0.1) is 0 Å². The van der Waals surface area contributed by atoms with Crippen molar-refractivity contribution in [3.8, 4) is 5.75 Å². The van der Waals surface area contributed by atoms with Gasteiger partial charge in [-0.05, 0) is 31.0 Å². The molecule has 1 aliphatic carbocycles. The Morgan fingerprint density at radius 1 is 1.48 bits per heavy atom. The molecule has 21 heavy (non-hydrogen) atoms. The molecule has 1 aliphatic rings. The Hall–Kier alpha value is -1.76. The normalized spacial score (nSPS) is 17.5. The van der Waals surface area contributed by atoms with Gasteiger partial charge in [0, 0.05) is 4.47 Å². The van der Waals surface area contributed by atoms with Crippen molar-refractivity contribution in [2.24, 2.45) is 10.9 Å². The average Bonchev–Trinajstić information content (AvgIpc) is 2.95. The molecule has 0 bridgehead atoms. The van der Waals surface area contributed by atoms with Gasteiger partial charge < -0.3 is 21.0 Å². The number of halogens is 1. The van der Waals surface area contributed by atoms with Gasteiger partial charge in [0.2, 0.25) is 0 Å². The van der Waals surface area contributed by atoms with Gasteiger partial charge in [0.05, 0.1) is 12.7 Å². The van der Waals surface area contributed by atoms with E-state index in [1.54, 1.807) is 18.2 Å². The average molecular weight is 356 g/mol. The van der Waals surface area contributed by atoms with Crippen molar-refractivity contribution in [3.05, 3.63) is 28.2 Å². The third kappa shape index (κ3) is 3.12. The van der Waals surface area contributed by atoms with Crippen LogP contribution in [-0.2, 0) is 0 Å². The number of rotatable bonds is 4. The number of nitrogens with one attached hydrogen (secondary N) is 1. The van der Waals surface area contributed by atoms with Crippen LogP contribution in [0.15, 0.2) is 27.8 Å². The number of carbonyl (C=O) groups is 1. The van der Waals surface area contributed by atoms with E-state index in [1.807, 2.05) is 0 Å². The minimum absolute atomic E-state index is 0.0458. The van der Waals surface area contributed by atoms with E-state index in [9.17, 15) is 4.79 Å². The molecule has 0 radical (unpaired) electrons. The topological polar surface area (TPSA) is 96.9 Å². The van der Waals surface area contributed by atoms with Crippen molar-refractivity contribution in [2.45, 2.75) is 31.2 Å². The summed E-state index contributed by atoms with van der Waals surface area (Å²) in [6.07, 6.45) is 3.17. The highest BCUT2D eigenvalue weighted by Gasteiger charge is 2.40. The van der Waals surface area contributed by atoms with Crippen molar-refractivity contribution in [1.82, 2.24) is 5.32 Å². The lowest BCUT2D eigenvalue weighted by Crippen LogP contribution is -2.55. The maximum atomic E-state index is 12.5. The number of nitrogens with zero attached hydrogens (tertiary/aromatic N) is 1. The second kappa shape index (κ2) is 6.34. The summed E-state index contributed by atoms with van der Waals surface area (Å²) in [4.78, 5) is 12.5. The van der Waals surface area contributed by atoms with Crippen LogP contribution in [0.5, 0.6) is 5.75 Å². The molecule has 0 saturated heterocycles. The number of nitrogens with two attached hydrogens (primary N) is 1. The summed E-state index contributed by atoms with van der Waals surface area (Å²) in [5, 5.41) is 15.0. The lowest BCUT2D eigenvalue weighted by Gasteiger charge is -2.29. The number of carbonyl (C=O) groups excluding carboxylic acids is 1. The van der Waals surface area contributed by atoms with Gasteiger partial charge in [-0.25, -0.2) is 0 Å². The Kier molecular flexibility index (Phi) is 4.72. The van der Waals surface area contributed by atoms with Crippen LogP contribution in [-0.4, -0.2) is 29.6 Å². The van der Waals surface area contributed by atoms with E-state index in [0.717, 1.165) is 17.3 Å². The van der Waals surface area contributed by atoms with Gasteiger partial charge in [-0.2, -0.15) is 0 Å². The standard InChI is InChI=1S/C14H18BrN3O3/c1-21-11-8-9(15)4-5-10(11)12(19)17-14(13(16)18-20)6-2-3-7-14/h4-5,8,20H,2-3,6-7H2,1H3,(H2,16,18)(H,17,19). The molecule has 0 spiro atoms. The first kappa shape index (κ1) is 15.6. The number of methoxy groups -OCH3 is 1. The molecule has 0 heterocycles. The summed E-state index contributed by atoms with van der Waals surface area (Å²) < 4.78 is 6.05. The Bertz CT molecular complexity index is 569. The van der Waals surface area contributed by atoms with Crippen LogP contribution in [0.1, 0.15) is 36.0 Å². The minimum atomic E-state index is -0.774. The highest BCUT2D eigenvalue weighted by atomic mass is 79.9. The van der Waals surface area contributed by atoms with E-state index >= 15 is 0 Å². The molecule has 0 unspecified atom stereocenters. The number of hydrogen-bond acceptors (Lipinski definition) is 4. The molecule has 1 aromatic rings. The van der Waals surface area contributed by atoms with E-state index in [0.29, 0.717) is 24.2 Å². The second-order valence-electron chi connectivity index (χ2n) is 5.07. The third-order valence-corrected chi connectivity index (χ3v) is 4.31. The van der Waals surface area contributed by atoms with Crippen molar-refractivity contribution < 1.29 is 14.7 Å². The number of amides is 1. The number of amidine groups is 1. The molecule has 1 aromatic carbocycles. The van der Waals surface area contributed by atoms with Crippen LogP contribution in [0.3, 0.4) is 0 Å². The Balaban J connectivity index is 2.28. The summed E-state index contributed by atoms with van der Waals surface area (Å²) in [5.41, 5.74) is 5.42. The predicted molar refractivity (Wildman–Crippen MR) is 82.8 cm³/mol. The third-order valence-electron chi connectivity index (χ3n) is 3.82. The summed E-state index contributed by atoms with van der Waals surface area (Å²) in [6.45, 7) is 0. The van der Waals surface area contributed by atoms with Crippen LogP contribution >= 0.6 is 15.9 Å². The lowest BCUT2D eigenvalue weighted by molar-refractivity contribution is 0.0919. The summed E-state index contributed by atoms with van der Waals surface area (Å²) in [7, 11) is 1.51. The maximum absolute atomic E-state index is 12.5. The number of oxime groups is 1. The largest absolute Gasteiger partial charge is 0.496 e. The number of benzene rings is 1. The monoisotopic (exact) mass is 355 g/mol. The van der Waals surface area contributed by atoms with Crippen LogP contribution in [0.4, 0.5) is 0 Å². The van der Waals surface area contributed by atoms with Crippen molar-refractivity contribution >= 4 is 27.7 Å². The SMILES string of the molecule is COc1cc(Br)ccc1C(=O)NC1(/C(N)=N/O)CCCC1. The highest BCUT2D eigenvalue weighted by molar-refractivity contribution is 9.10. The summed E-state index contributed by atoms with van der Waals surface area (Å²) >= 11 is 3.34. The van der Waals surface area contributed by atoms with E-state index < -0.39 is 5.54 Å². The van der Waals surface area contributed by atoms with Gasteiger partial charge in [0.25, 0.3) is 5.91 Å². The molecule has 1 amide bonds. The second-order valence-corrected chi connectivity index (χ2v) is 5.99. The molecule has 114 valence electrons. The molecule has 0 atom stereocenters. The zero-order chi connectivity index (χ0) is 15.5. The quantitative estimate of drug-likeness (QED) is 0.334. The first-order valence-corrected chi connectivity index (χ1v) is 7.46. The Morgan fingerprint density at radius 3 is 2.71 bits per heavy atom. The van der Waals surface area contributed by atoms with Crippen LogP contribution < -0.4 is 15.8 Å². The summed E-state index contributed by atoms with van der Waals surface area (Å²) in [5.74, 6) is 0.215. The van der Waals surface area contributed by atoms with Crippen LogP contribution in [0.25, 0.3) is 0 Å². The molecule has 1 saturated carbocycles. The van der Waals surface area contributed by atoms with Crippen molar-refractivity contribution in [1.29, 1.82) is 0 Å². The fraction of sp³-hybridized carbons (Fsp3) is 0.429.